The Morgan fingerprint density at radius 3 is 1.47 bits per heavy atom. The van der Waals surface area contributed by atoms with Crippen molar-refractivity contribution in [1.82, 2.24) is 20.4 Å². The second kappa shape index (κ2) is 12.8. The van der Waals surface area contributed by atoms with E-state index in [1.54, 1.807) is 9.80 Å². The van der Waals surface area contributed by atoms with E-state index in [0.29, 0.717) is 24.9 Å². The molecule has 0 spiro atoms. The number of nitrogens with one attached hydrogen (secondary N) is 2. The summed E-state index contributed by atoms with van der Waals surface area (Å²) < 4.78 is 22.4. The SMILES string of the molecule is CC(C)(C)OC(=O)N1CC[C@@H]2CNCCO[C@@H]2C1.CC(C)(C)OC(=O)N1CC[C@H]2CNCCO[C@H]2C1. The molecule has 0 aromatic rings. The van der Waals surface area contributed by atoms with Gasteiger partial charge in [0, 0.05) is 51.1 Å². The smallest absolute Gasteiger partial charge is 0.410 e. The Morgan fingerprint density at radius 1 is 0.722 bits per heavy atom. The highest BCUT2D eigenvalue weighted by Crippen LogP contribution is 2.24. The van der Waals surface area contributed by atoms with Crippen LogP contribution in [0.5, 0.6) is 0 Å². The van der Waals surface area contributed by atoms with Crippen LogP contribution < -0.4 is 10.6 Å². The molecule has 0 aliphatic carbocycles. The normalized spacial score (nSPS) is 29.4. The Bertz CT molecular complexity index is 662. The molecule has 0 radical (unpaired) electrons. The first kappa shape index (κ1) is 28.9. The van der Waals surface area contributed by atoms with Gasteiger partial charge in [-0.25, -0.2) is 9.59 Å². The number of piperidine rings is 2. The number of nitrogens with zero attached hydrogens (tertiary/aromatic N) is 2. The maximum absolute atomic E-state index is 12.0. The number of carbonyl (C=O) groups is 2. The van der Waals surface area contributed by atoms with Crippen molar-refractivity contribution in [2.45, 2.75) is 77.8 Å². The molecule has 0 saturated carbocycles. The van der Waals surface area contributed by atoms with E-state index in [-0.39, 0.29) is 24.4 Å². The van der Waals surface area contributed by atoms with E-state index in [1.165, 1.54) is 0 Å². The van der Waals surface area contributed by atoms with Crippen LogP contribution in [0.4, 0.5) is 9.59 Å². The first-order valence-corrected chi connectivity index (χ1v) is 13.5. The summed E-state index contributed by atoms with van der Waals surface area (Å²) in [6.07, 6.45) is 1.83. The predicted molar refractivity (Wildman–Crippen MR) is 137 cm³/mol. The predicted octanol–water partition coefficient (Wildman–Crippen LogP) is 2.46. The van der Waals surface area contributed by atoms with E-state index in [4.69, 9.17) is 18.9 Å². The lowest BCUT2D eigenvalue weighted by Crippen LogP contribution is -2.50. The molecule has 4 aliphatic rings. The van der Waals surface area contributed by atoms with Gasteiger partial charge in [-0.1, -0.05) is 0 Å². The van der Waals surface area contributed by atoms with E-state index in [0.717, 1.165) is 65.3 Å². The quantitative estimate of drug-likeness (QED) is 0.511. The van der Waals surface area contributed by atoms with Crippen molar-refractivity contribution in [3.05, 3.63) is 0 Å². The van der Waals surface area contributed by atoms with Crippen molar-refractivity contribution >= 4 is 12.2 Å². The average molecular weight is 513 g/mol. The Hall–Kier alpha value is -1.62. The number of ether oxygens (including phenoxy) is 4. The molecular weight excluding hydrogens is 464 g/mol. The van der Waals surface area contributed by atoms with Crippen LogP contribution in [0.2, 0.25) is 0 Å². The van der Waals surface area contributed by atoms with E-state index >= 15 is 0 Å². The third-order valence-corrected chi connectivity index (χ3v) is 6.73. The summed E-state index contributed by atoms with van der Waals surface area (Å²) in [4.78, 5) is 27.6. The average Bonchev–Trinajstić information content (AvgIpc) is 3.16. The molecule has 10 nitrogen and oxygen atoms in total. The molecule has 0 unspecified atom stereocenters. The summed E-state index contributed by atoms with van der Waals surface area (Å²) in [7, 11) is 0. The van der Waals surface area contributed by atoms with E-state index in [9.17, 15) is 9.59 Å². The molecule has 2 N–H and O–H groups in total. The summed E-state index contributed by atoms with van der Waals surface area (Å²) in [5, 5.41) is 6.74. The monoisotopic (exact) mass is 512 g/mol. The molecule has 4 rings (SSSR count). The van der Waals surface area contributed by atoms with Gasteiger partial charge in [0.15, 0.2) is 0 Å². The van der Waals surface area contributed by atoms with Crippen molar-refractivity contribution in [2.75, 3.05) is 65.6 Å². The van der Waals surface area contributed by atoms with Crippen LogP contribution in [0, 0.1) is 11.8 Å². The van der Waals surface area contributed by atoms with Crippen molar-refractivity contribution in [2.24, 2.45) is 11.8 Å². The van der Waals surface area contributed by atoms with Crippen LogP contribution in [-0.4, -0.2) is 111 Å². The highest BCUT2D eigenvalue weighted by Gasteiger charge is 2.36. The topological polar surface area (TPSA) is 102 Å². The summed E-state index contributed by atoms with van der Waals surface area (Å²) in [6, 6.07) is 0. The fraction of sp³-hybridized carbons (Fsp3) is 0.923. The molecule has 4 fully saturated rings. The first-order valence-electron chi connectivity index (χ1n) is 13.5. The van der Waals surface area contributed by atoms with Crippen LogP contribution in [0.3, 0.4) is 0 Å². The van der Waals surface area contributed by atoms with Gasteiger partial charge < -0.3 is 39.4 Å². The van der Waals surface area contributed by atoms with Crippen molar-refractivity contribution < 1.29 is 28.5 Å². The zero-order valence-corrected chi connectivity index (χ0v) is 23.1. The van der Waals surface area contributed by atoms with Crippen molar-refractivity contribution in [3.8, 4) is 0 Å². The lowest BCUT2D eigenvalue weighted by Gasteiger charge is -2.37. The van der Waals surface area contributed by atoms with Crippen LogP contribution in [-0.2, 0) is 18.9 Å². The standard InChI is InChI=1S/2C13H24N2O3/c2*1-13(2,3)18-12(16)15-6-4-10-8-14-5-7-17-11(10)9-15/h2*10-11,14H,4-9H2,1-3H3/t2*10-,11-/m10/s1. The third-order valence-electron chi connectivity index (χ3n) is 6.73. The van der Waals surface area contributed by atoms with E-state index in [2.05, 4.69) is 10.6 Å². The number of hydrogen-bond donors (Lipinski definition) is 2. The van der Waals surface area contributed by atoms with Gasteiger partial charge >= 0.3 is 12.2 Å². The fourth-order valence-corrected chi connectivity index (χ4v) is 4.90. The molecule has 10 heteroatoms. The third kappa shape index (κ3) is 9.36. The Labute approximate surface area is 216 Å². The van der Waals surface area contributed by atoms with Gasteiger partial charge in [0.05, 0.1) is 38.5 Å². The number of rotatable bonds is 0. The second-order valence-electron chi connectivity index (χ2n) is 12.2. The Balaban J connectivity index is 0.000000201. The summed E-state index contributed by atoms with van der Waals surface area (Å²) in [6.45, 7) is 19.4. The maximum Gasteiger partial charge on any atom is 0.410 e. The van der Waals surface area contributed by atoms with Gasteiger partial charge in [-0.3, -0.25) is 0 Å². The molecule has 36 heavy (non-hydrogen) atoms. The van der Waals surface area contributed by atoms with Gasteiger partial charge in [0.1, 0.15) is 11.2 Å². The van der Waals surface area contributed by atoms with Crippen LogP contribution in [0.25, 0.3) is 0 Å². The molecule has 4 atom stereocenters. The molecular formula is C26H48N4O6. The minimum absolute atomic E-state index is 0.154. The van der Waals surface area contributed by atoms with E-state index in [1.807, 2.05) is 41.5 Å². The van der Waals surface area contributed by atoms with E-state index < -0.39 is 11.2 Å². The van der Waals surface area contributed by atoms with Gasteiger partial charge in [-0.15, -0.1) is 0 Å². The molecule has 4 aliphatic heterocycles. The Kier molecular flexibility index (Phi) is 10.3. The largest absolute Gasteiger partial charge is 0.444 e. The minimum Gasteiger partial charge on any atom is -0.444 e. The highest BCUT2D eigenvalue weighted by molar-refractivity contribution is 5.68. The van der Waals surface area contributed by atoms with Crippen LogP contribution in [0.15, 0.2) is 0 Å². The van der Waals surface area contributed by atoms with Gasteiger partial charge in [0.25, 0.3) is 0 Å². The zero-order chi connectivity index (χ0) is 26.3. The maximum atomic E-state index is 12.0. The minimum atomic E-state index is -0.431. The number of hydrogen-bond acceptors (Lipinski definition) is 8. The molecule has 4 heterocycles. The lowest BCUT2D eigenvalue weighted by atomic mass is 9.94. The Morgan fingerprint density at radius 2 is 1.11 bits per heavy atom. The van der Waals surface area contributed by atoms with Crippen LogP contribution in [0.1, 0.15) is 54.4 Å². The molecule has 0 aromatic carbocycles. The number of carbonyl (C=O) groups excluding carboxylic acids is 2. The van der Waals surface area contributed by atoms with Gasteiger partial charge in [-0.05, 0) is 54.4 Å². The highest BCUT2D eigenvalue weighted by atomic mass is 16.6. The fourth-order valence-electron chi connectivity index (χ4n) is 4.90. The molecule has 0 bridgehead atoms. The molecule has 208 valence electrons. The molecule has 2 amide bonds. The van der Waals surface area contributed by atoms with Gasteiger partial charge in [-0.2, -0.15) is 0 Å². The summed E-state index contributed by atoms with van der Waals surface area (Å²) in [5.74, 6) is 1.04. The van der Waals surface area contributed by atoms with Crippen LogP contribution >= 0.6 is 0 Å². The second-order valence-corrected chi connectivity index (χ2v) is 12.2. The molecule has 0 aromatic heterocycles. The van der Waals surface area contributed by atoms with Crippen molar-refractivity contribution in [1.29, 1.82) is 0 Å². The zero-order valence-electron chi connectivity index (χ0n) is 23.1. The number of likely N-dealkylation sites (tertiary alicyclic amines) is 2. The molecule has 4 saturated heterocycles. The number of amides is 2. The van der Waals surface area contributed by atoms with Gasteiger partial charge in [0.2, 0.25) is 0 Å². The summed E-state index contributed by atoms with van der Waals surface area (Å²) in [5.41, 5.74) is -0.862. The van der Waals surface area contributed by atoms with Crippen molar-refractivity contribution in [3.63, 3.8) is 0 Å². The first-order chi connectivity index (χ1) is 16.9. The number of fused-ring (bicyclic) bond motifs is 2. The lowest BCUT2D eigenvalue weighted by molar-refractivity contribution is -0.0350. The summed E-state index contributed by atoms with van der Waals surface area (Å²) >= 11 is 0.